The molecule has 0 bridgehead atoms. The van der Waals surface area contributed by atoms with E-state index in [-0.39, 0.29) is 0 Å². The van der Waals surface area contributed by atoms with E-state index < -0.39 is 9.76 Å². The summed E-state index contributed by atoms with van der Waals surface area (Å²) in [6.45, 7) is 0. The van der Waals surface area contributed by atoms with Gasteiger partial charge in [0.25, 0.3) is 3.79 Å². The van der Waals surface area contributed by atoms with Gasteiger partial charge in [-0.3, -0.25) is 0 Å². The van der Waals surface area contributed by atoms with Gasteiger partial charge >= 0.3 is 5.97 Å². The van der Waals surface area contributed by atoms with Gasteiger partial charge in [-0.1, -0.05) is 65.1 Å². The molecule has 15 heavy (non-hydrogen) atoms. The summed E-state index contributed by atoms with van der Waals surface area (Å²) in [6, 6.07) is 9.29. The highest BCUT2D eigenvalue weighted by atomic mass is 35.6. The number of carbonyl (C=O) groups is 1. The van der Waals surface area contributed by atoms with Gasteiger partial charge in [0.2, 0.25) is 0 Å². The number of rotatable bonds is 2. The third kappa shape index (κ3) is 4.56. The second-order valence-corrected chi connectivity index (χ2v) is 4.90. The largest absolute Gasteiger partial charge is 0.431 e. The zero-order valence-corrected chi connectivity index (χ0v) is 9.76. The normalized spacial score (nSPS) is 11.7. The highest BCUT2D eigenvalue weighted by Gasteiger charge is 2.32. The molecule has 0 radical (unpaired) electrons. The zero-order chi connectivity index (χ0) is 11.3. The molecule has 0 amide bonds. The Balaban J connectivity index is 2.51. The lowest BCUT2D eigenvalue weighted by Crippen LogP contribution is -2.19. The van der Waals surface area contributed by atoms with E-state index in [0.29, 0.717) is 0 Å². The Kier molecular flexibility index (Phi) is 4.45. The fourth-order valence-corrected chi connectivity index (χ4v) is 0.939. The molecule has 5 heteroatoms. The Hall–Kier alpha value is -0.700. The van der Waals surface area contributed by atoms with Crippen molar-refractivity contribution in [2.24, 2.45) is 0 Å². The molecule has 0 aliphatic rings. The number of hydrogen-bond acceptors (Lipinski definition) is 2. The Morgan fingerprint density at radius 3 is 2.33 bits per heavy atom. The van der Waals surface area contributed by atoms with E-state index in [1.54, 1.807) is 6.08 Å². The lowest BCUT2D eigenvalue weighted by atomic mass is 10.2. The third-order valence-corrected chi connectivity index (χ3v) is 1.93. The van der Waals surface area contributed by atoms with Gasteiger partial charge in [0, 0.05) is 0 Å². The number of carbonyl (C=O) groups excluding carboxylic acids is 1. The molecule has 0 atom stereocenters. The number of benzene rings is 1. The predicted octanol–water partition coefficient (Wildman–Crippen LogP) is 3.57. The van der Waals surface area contributed by atoms with E-state index in [2.05, 4.69) is 4.74 Å². The first-order valence-corrected chi connectivity index (χ1v) is 5.13. The van der Waals surface area contributed by atoms with Crippen LogP contribution in [0.1, 0.15) is 5.56 Å². The first-order chi connectivity index (χ1) is 7.00. The zero-order valence-electron chi connectivity index (χ0n) is 7.49. The van der Waals surface area contributed by atoms with Gasteiger partial charge in [-0.2, -0.15) is 0 Å². The minimum atomic E-state index is -2.04. The Bertz CT molecular complexity index is 355. The van der Waals surface area contributed by atoms with E-state index >= 15 is 0 Å². The minimum absolute atomic E-state index is 0.884. The molecule has 0 saturated heterocycles. The molecule has 0 heterocycles. The summed E-state index contributed by atoms with van der Waals surface area (Å²) in [5.41, 5.74) is 0.884. The van der Waals surface area contributed by atoms with E-state index in [1.807, 2.05) is 30.3 Å². The molecule has 0 fully saturated rings. The van der Waals surface area contributed by atoms with Gasteiger partial charge in [-0.15, -0.1) is 0 Å². The maximum Gasteiger partial charge on any atom is 0.363 e. The molecule has 1 aromatic carbocycles. The molecule has 0 N–H and O–H groups in total. The maximum atomic E-state index is 11.0. The number of halogens is 3. The smallest absolute Gasteiger partial charge is 0.363 e. The molecular formula is C10H7Cl3O2. The van der Waals surface area contributed by atoms with Crippen molar-refractivity contribution < 1.29 is 9.53 Å². The van der Waals surface area contributed by atoms with Crippen molar-refractivity contribution in [1.82, 2.24) is 0 Å². The van der Waals surface area contributed by atoms with Crippen LogP contribution in [0.25, 0.3) is 6.08 Å². The minimum Gasteiger partial charge on any atom is -0.431 e. The molecule has 0 aliphatic heterocycles. The van der Waals surface area contributed by atoms with Crippen molar-refractivity contribution >= 4 is 46.8 Å². The summed E-state index contributed by atoms with van der Waals surface area (Å²) in [4.78, 5) is 11.0. The quantitative estimate of drug-likeness (QED) is 0.464. The van der Waals surface area contributed by atoms with Crippen molar-refractivity contribution in [3.63, 3.8) is 0 Å². The molecular weight excluding hydrogens is 258 g/mol. The van der Waals surface area contributed by atoms with Crippen LogP contribution in [0.4, 0.5) is 0 Å². The molecule has 1 aromatic rings. The molecule has 80 valence electrons. The van der Waals surface area contributed by atoms with Crippen LogP contribution >= 0.6 is 34.8 Å². The van der Waals surface area contributed by atoms with Crippen LogP contribution in [-0.2, 0) is 9.53 Å². The van der Waals surface area contributed by atoms with Crippen LogP contribution in [0.3, 0.4) is 0 Å². The summed E-state index contributed by atoms with van der Waals surface area (Å²) in [7, 11) is 0. The van der Waals surface area contributed by atoms with Crippen LogP contribution in [0.2, 0.25) is 0 Å². The van der Waals surface area contributed by atoms with E-state index in [9.17, 15) is 4.79 Å². The van der Waals surface area contributed by atoms with Crippen LogP contribution in [0.5, 0.6) is 0 Å². The molecule has 1 rings (SSSR count). The van der Waals surface area contributed by atoms with Gasteiger partial charge in [-0.25, -0.2) is 4.79 Å². The summed E-state index contributed by atoms with van der Waals surface area (Å²) in [5, 5.41) is 0. The van der Waals surface area contributed by atoms with Crippen LogP contribution < -0.4 is 0 Å². The van der Waals surface area contributed by atoms with E-state index in [0.717, 1.165) is 5.56 Å². The van der Waals surface area contributed by atoms with Crippen molar-refractivity contribution in [1.29, 1.82) is 0 Å². The van der Waals surface area contributed by atoms with Crippen LogP contribution in [0, 0.1) is 0 Å². The predicted molar refractivity (Wildman–Crippen MR) is 61.9 cm³/mol. The molecule has 0 unspecified atom stereocenters. The van der Waals surface area contributed by atoms with E-state index in [4.69, 9.17) is 34.8 Å². The van der Waals surface area contributed by atoms with Gasteiger partial charge in [0.1, 0.15) is 0 Å². The van der Waals surface area contributed by atoms with Crippen molar-refractivity contribution in [3.8, 4) is 0 Å². The topological polar surface area (TPSA) is 26.3 Å². The van der Waals surface area contributed by atoms with Crippen molar-refractivity contribution in [3.05, 3.63) is 42.2 Å². The molecule has 0 aromatic heterocycles. The lowest BCUT2D eigenvalue weighted by Gasteiger charge is -2.06. The summed E-state index contributed by atoms with van der Waals surface area (Å²) >= 11 is 15.9. The highest BCUT2D eigenvalue weighted by molar-refractivity contribution is 6.75. The summed E-state index contributed by atoms with van der Waals surface area (Å²) in [5.74, 6) is -0.931. The van der Waals surface area contributed by atoms with Crippen LogP contribution in [-0.4, -0.2) is 9.76 Å². The monoisotopic (exact) mass is 264 g/mol. The number of hydrogen-bond donors (Lipinski definition) is 0. The number of alkyl halides is 3. The fourth-order valence-electron chi connectivity index (χ4n) is 0.805. The van der Waals surface area contributed by atoms with Gasteiger partial charge in [0.05, 0.1) is 6.26 Å². The second-order valence-electron chi connectivity index (χ2n) is 2.62. The summed E-state index contributed by atoms with van der Waals surface area (Å²) < 4.78 is 2.55. The molecule has 0 aliphatic carbocycles. The van der Waals surface area contributed by atoms with Gasteiger partial charge in [0.15, 0.2) is 0 Å². The SMILES string of the molecule is O=C(O/C=C/c1ccccc1)C(Cl)(Cl)Cl. The third-order valence-electron chi connectivity index (χ3n) is 1.47. The molecule has 0 saturated carbocycles. The maximum absolute atomic E-state index is 11.0. The highest BCUT2D eigenvalue weighted by Crippen LogP contribution is 2.27. The summed E-state index contributed by atoms with van der Waals surface area (Å²) in [6.07, 6.45) is 2.77. The van der Waals surface area contributed by atoms with Gasteiger partial charge < -0.3 is 4.74 Å². The van der Waals surface area contributed by atoms with Crippen molar-refractivity contribution in [2.75, 3.05) is 0 Å². The average molecular weight is 266 g/mol. The van der Waals surface area contributed by atoms with E-state index in [1.165, 1.54) is 6.26 Å². The van der Waals surface area contributed by atoms with Crippen molar-refractivity contribution in [2.45, 2.75) is 3.79 Å². The first-order valence-electron chi connectivity index (χ1n) is 3.99. The molecule has 0 spiro atoms. The number of ether oxygens (including phenoxy) is 1. The average Bonchev–Trinajstić information content (AvgIpc) is 2.18. The fraction of sp³-hybridized carbons (Fsp3) is 0.100. The van der Waals surface area contributed by atoms with Crippen LogP contribution in [0.15, 0.2) is 36.6 Å². The Labute approximate surface area is 102 Å². The first kappa shape index (κ1) is 12.4. The molecule has 2 nitrogen and oxygen atoms in total. The number of esters is 1. The van der Waals surface area contributed by atoms with Gasteiger partial charge in [-0.05, 0) is 11.6 Å². The second kappa shape index (κ2) is 5.40. The Morgan fingerprint density at radius 1 is 1.20 bits per heavy atom. The Morgan fingerprint density at radius 2 is 1.80 bits per heavy atom. The lowest BCUT2D eigenvalue weighted by molar-refractivity contribution is -0.136. The standard InChI is InChI=1S/C10H7Cl3O2/c11-10(12,13)9(14)15-7-6-8-4-2-1-3-5-8/h1-7H/b7-6+.